The molecule has 3 heterocycles. The molecule has 142 valence electrons. The van der Waals surface area contributed by atoms with Gasteiger partial charge in [-0.1, -0.05) is 12.8 Å². The van der Waals surface area contributed by atoms with E-state index in [4.69, 9.17) is 4.74 Å². The van der Waals surface area contributed by atoms with Gasteiger partial charge in [-0.2, -0.15) is 5.10 Å². The van der Waals surface area contributed by atoms with Crippen LogP contribution in [0.1, 0.15) is 47.3 Å². The van der Waals surface area contributed by atoms with Crippen LogP contribution in [0.15, 0.2) is 18.7 Å². The van der Waals surface area contributed by atoms with Gasteiger partial charge in [0, 0.05) is 18.2 Å². The van der Waals surface area contributed by atoms with Gasteiger partial charge in [-0.05, 0) is 18.9 Å². The highest BCUT2D eigenvalue weighted by Gasteiger charge is 2.35. The third-order valence-electron chi connectivity index (χ3n) is 5.16. The fraction of sp³-hybridized carbons (Fsp3) is 0.500. The van der Waals surface area contributed by atoms with E-state index in [0.29, 0.717) is 29.6 Å². The van der Waals surface area contributed by atoms with Crippen LogP contribution in [0.3, 0.4) is 0 Å². The number of fused-ring (bicyclic) bond motifs is 1. The van der Waals surface area contributed by atoms with Crippen molar-refractivity contribution in [3.8, 4) is 5.88 Å². The van der Waals surface area contributed by atoms with Crippen molar-refractivity contribution in [1.29, 1.82) is 0 Å². The summed E-state index contributed by atoms with van der Waals surface area (Å²) in [6.07, 6.45) is 7.31. The quantitative estimate of drug-likeness (QED) is 0.810. The van der Waals surface area contributed by atoms with Crippen molar-refractivity contribution in [3.05, 3.63) is 35.5 Å². The maximum atomic E-state index is 12.8. The summed E-state index contributed by atoms with van der Waals surface area (Å²) < 4.78 is 6.83. The van der Waals surface area contributed by atoms with Crippen molar-refractivity contribution in [2.75, 3.05) is 7.11 Å². The average molecular weight is 370 g/mol. The lowest BCUT2D eigenvalue weighted by atomic mass is 10.1. The maximum absolute atomic E-state index is 12.8. The molecule has 0 saturated heterocycles. The van der Waals surface area contributed by atoms with Crippen molar-refractivity contribution in [1.82, 2.24) is 30.0 Å². The number of hydrogen-bond donors (Lipinski definition) is 1. The van der Waals surface area contributed by atoms with Crippen molar-refractivity contribution >= 4 is 11.8 Å². The summed E-state index contributed by atoms with van der Waals surface area (Å²) in [6, 6.07) is 2.11. The average Bonchev–Trinajstić information content (AvgIpc) is 3.41. The normalized spacial score (nSPS) is 16.6. The van der Waals surface area contributed by atoms with E-state index in [1.807, 2.05) is 4.90 Å². The number of aromatic nitrogens is 4. The van der Waals surface area contributed by atoms with Crippen LogP contribution in [0.2, 0.25) is 0 Å². The van der Waals surface area contributed by atoms with Crippen molar-refractivity contribution in [3.63, 3.8) is 0 Å². The van der Waals surface area contributed by atoms with Crippen LogP contribution in [-0.2, 0) is 24.4 Å². The van der Waals surface area contributed by atoms with Gasteiger partial charge in [-0.15, -0.1) is 0 Å². The fourth-order valence-electron chi connectivity index (χ4n) is 3.79. The first-order valence-corrected chi connectivity index (χ1v) is 9.12. The largest absolute Gasteiger partial charge is 0.481 e. The van der Waals surface area contributed by atoms with E-state index in [0.717, 1.165) is 18.5 Å². The summed E-state index contributed by atoms with van der Waals surface area (Å²) in [5.74, 6) is 0.264. The van der Waals surface area contributed by atoms with E-state index >= 15 is 0 Å². The van der Waals surface area contributed by atoms with E-state index in [2.05, 4.69) is 20.4 Å². The lowest BCUT2D eigenvalue weighted by molar-refractivity contribution is -0.122. The summed E-state index contributed by atoms with van der Waals surface area (Å²) in [7, 11) is 1.54. The number of rotatable bonds is 6. The molecule has 9 heteroatoms. The predicted octanol–water partition coefficient (Wildman–Crippen LogP) is 0.896. The fourth-order valence-corrected chi connectivity index (χ4v) is 3.79. The lowest BCUT2D eigenvalue weighted by Crippen LogP contribution is -2.33. The Morgan fingerprint density at radius 2 is 2.19 bits per heavy atom. The second kappa shape index (κ2) is 7.34. The molecule has 1 N–H and O–H groups in total. The number of carbonyl (C=O) groups excluding carboxylic acids is 2. The van der Waals surface area contributed by atoms with E-state index in [-0.39, 0.29) is 24.9 Å². The summed E-state index contributed by atoms with van der Waals surface area (Å²) >= 11 is 0. The summed E-state index contributed by atoms with van der Waals surface area (Å²) in [5.41, 5.74) is 2.05. The maximum Gasteiger partial charge on any atom is 0.256 e. The minimum atomic E-state index is -0.207. The van der Waals surface area contributed by atoms with Crippen LogP contribution in [0.25, 0.3) is 0 Å². The van der Waals surface area contributed by atoms with Gasteiger partial charge in [-0.25, -0.2) is 14.6 Å². The molecule has 2 amide bonds. The minimum Gasteiger partial charge on any atom is -0.481 e. The Labute approximate surface area is 156 Å². The Morgan fingerprint density at radius 3 is 2.89 bits per heavy atom. The van der Waals surface area contributed by atoms with Gasteiger partial charge in [0.2, 0.25) is 11.8 Å². The predicted molar refractivity (Wildman–Crippen MR) is 94.8 cm³/mol. The first-order valence-electron chi connectivity index (χ1n) is 9.12. The number of pyridine rings is 1. The standard InChI is InChI=1S/C18H22N6O3/c1-27-17-12(7-20-16(25)9-23-11-19-10-21-23)6-14-15(22-17)8-24(18(14)26)13-4-2-3-5-13/h6,10-11,13H,2-5,7-9H2,1H3,(H,20,25). The van der Waals surface area contributed by atoms with Crippen LogP contribution in [0.4, 0.5) is 0 Å². The Balaban J connectivity index is 1.47. The summed E-state index contributed by atoms with van der Waals surface area (Å²) in [5, 5.41) is 6.72. The summed E-state index contributed by atoms with van der Waals surface area (Å²) in [4.78, 5) is 35.2. The highest BCUT2D eigenvalue weighted by atomic mass is 16.5. The molecule has 0 spiro atoms. The molecule has 2 aromatic rings. The number of carbonyl (C=O) groups is 2. The molecule has 0 aromatic carbocycles. The van der Waals surface area contributed by atoms with Crippen LogP contribution in [0.5, 0.6) is 5.88 Å². The monoisotopic (exact) mass is 370 g/mol. The van der Waals surface area contributed by atoms with Gasteiger partial charge >= 0.3 is 0 Å². The molecule has 1 aliphatic carbocycles. The molecular formula is C18H22N6O3. The third-order valence-corrected chi connectivity index (χ3v) is 5.16. The van der Waals surface area contributed by atoms with Gasteiger partial charge < -0.3 is 15.0 Å². The summed E-state index contributed by atoms with van der Waals surface area (Å²) in [6.45, 7) is 0.844. The number of nitrogens with one attached hydrogen (secondary N) is 1. The van der Waals surface area contributed by atoms with E-state index in [1.54, 1.807) is 13.2 Å². The number of ether oxygens (including phenoxy) is 1. The molecule has 1 fully saturated rings. The number of hydrogen-bond acceptors (Lipinski definition) is 6. The van der Waals surface area contributed by atoms with Crippen molar-refractivity contribution in [2.45, 2.75) is 51.4 Å². The topological polar surface area (TPSA) is 102 Å². The van der Waals surface area contributed by atoms with E-state index in [9.17, 15) is 9.59 Å². The molecule has 0 radical (unpaired) electrons. The highest BCUT2D eigenvalue weighted by Crippen LogP contribution is 2.33. The minimum absolute atomic E-state index is 0.0299. The van der Waals surface area contributed by atoms with Gasteiger partial charge in [0.25, 0.3) is 5.91 Å². The van der Waals surface area contributed by atoms with Crippen LogP contribution in [0, 0.1) is 0 Å². The zero-order valence-electron chi connectivity index (χ0n) is 15.2. The molecular weight excluding hydrogens is 348 g/mol. The second-order valence-corrected chi connectivity index (χ2v) is 6.89. The molecule has 0 bridgehead atoms. The first-order chi connectivity index (χ1) is 13.2. The number of methoxy groups -OCH3 is 1. The van der Waals surface area contributed by atoms with Gasteiger partial charge in [0.05, 0.1) is 24.9 Å². The van der Waals surface area contributed by atoms with Crippen molar-refractivity contribution < 1.29 is 14.3 Å². The Hall–Kier alpha value is -2.97. The molecule has 1 saturated carbocycles. The second-order valence-electron chi connectivity index (χ2n) is 6.89. The zero-order chi connectivity index (χ0) is 18.8. The zero-order valence-corrected chi connectivity index (χ0v) is 15.2. The Morgan fingerprint density at radius 1 is 1.37 bits per heavy atom. The Kier molecular flexibility index (Phi) is 4.74. The SMILES string of the molecule is COc1nc2c(cc1CNC(=O)Cn1cncn1)C(=O)N(C1CCCC1)C2. The van der Waals surface area contributed by atoms with Gasteiger partial charge in [-0.3, -0.25) is 9.59 Å². The third kappa shape index (κ3) is 3.49. The van der Waals surface area contributed by atoms with Crippen molar-refractivity contribution in [2.24, 2.45) is 0 Å². The number of amides is 2. The van der Waals surface area contributed by atoms with Crippen LogP contribution < -0.4 is 10.1 Å². The van der Waals surface area contributed by atoms with Crippen LogP contribution in [-0.4, -0.2) is 49.6 Å². The molecule has 4 rings (SSSR count). The first kappa shape index (κ1) is 17.4. The molecule has 2 aromatic heterocycles. The highest BCUT2D eigenvalue weighted by molar-refractivity contribution is 5.98. The van der Waals surface area contributed by atoms with Crippen LogP contribution >= 0.6 is 0 Å². The molecule has 1 aliphatic heterocycles. The molecule has 9 nitrogen and oxygen atoms in total. The number of nitrogens with zero attached hydrogens (tertiary/aromatic N) is 5. The lowest BCUT2D eigenvalue weighted by Gasteiger charge is -2.22. The van der Waals surface area contributed by atoms with Gasteiger partial charge in [0.1, 0.15) is 19.2 Å². The van der Waals surface area contributed by atoms with E-state index in [1.165, 1.54) is 30.2 Å². The Bertz CT molecular complexity index is 845. The molecule has 2 aliphatic rings. The smallest absolute Gasteiger partial charge is 0.256 e. The molecule has 0 atom stereocenters. The van der Waals surface area contributed by atoms with E-state index < -0.39 is 0 Å². The molecule has 27 heavy (non-hydrogen) atoms. The molecule has 0 unspecified atom stereocenters. The van der Waals surface area contributed by atoms with Gasteiger partial charge in [0.15, 0.2) is 0 Å².